The Labute approximate surface area is 205 Å². The van der Waals surface area contributed by atoms with Gasteiger partial charge in [0.25, 0.3) is 0 Å². The van der Waals surface area contributed by atoms with Gasteiger partial charge in [-0.25, -0.2) is 0 Å². The molecule has 182 valence electrons. The van der Waals surface area contributed by atoms with E-state index in [0.717, 1.165) is 57.4 Å². The van der Waals surface area contributed by atoms with Crippen LogP contribution in [0, 0.1) is 11.8 Å². The maximum absolute atomic E-state index is 12.9. The van der Waals surface area contributed by atoms with Gasteiger partial charge in [-0.3, -0.25) is 9.59 Å². The Hall–Kier alpha value is -2.30. The molecular weight excluding hydrogens is 420 g/mol. The highest BCUT2D eigenvalue weighted by atomic mass is 16.1. The molecule has 4 atom stereocenters. The van der Waals surface area contributed by atoms with Crippen LogP contribution in [0.5, 0.6) is 0 Å². The monoisotopic (exact) mass is 462 g/mol. The van der Waals surface area contributed by atoms with Crippen LogP contribution in [-0.4, -0.2) is 73.9 Å². The summed E-state index contributed by atoms with van der Waals surface area (Å²) in [5.41, 5.74) is 3.74. The van der Waals surface area contributed by atoms with E-state index in [9.17, 15) is 9.59 Å². The molecule has 0 radical (unpaired) electrons. The Kier molecular flexibility index (Phi) is 7.39. The van der Waals surface area contributed by atoms with Crippen molar-refractivity contribution in [3.63, 3.8) is 0 Å². The SMILES string of the molecule is CC1CCC[N+](C)(CC(=O)c2ccc(-c3ccc(C(=O)C[N+]4(C)CCCC(C)C4)cc3)cc2)C1. The van der Waals surface area contributed by atoms with Gasteiger partial charge in [0, 0.05) is 23.0 Å². The van der Waals surface area contributed by atoms with E-state index in [0.29, 0.717) is 24.9 Å². The first kappa shape index (κ1) is 24.8. The largest absolute Gasteiger partial charge is 0.319 e. The summed E-state index contributed by atoms with van der Waals surface area (Å²) in [6, 6.07) is 16.0. The van der Waals surface area contributed by atoms with Crippen molar-refractivity contribution in [3.05, 3.63) is 59.7 Å². The highest BCUT2D eigenvalue weighted by molar-refractivity contribution is 5.98. The number of piperidine rings is 2. The second-order valence-corrected chi connectivity index (χ2v) is 11.9. The lowest BCUT2D eigenvalue weighted by atomic mass is 9.96. The smallest absolute Gasteiger partial charge is 0.216 e. The molecule has 0 spiro atoms. The summed E-state index contributed by atoms with van der Waals surface area (Å²) in [6.45, 7) is 10.1. The molecule has 4 heteroatoms. The van der Waals surface area contributed by atoms with Gasteiger partial charge in [-0.1, -0.05) is 62.4 Å². The predicted octanol–water partition coefficient (Wildman–Crippen LogP) is 5.47. The van der Waals surface area contributed by atoms with Crippen LogP contribution < -0.4 is 0 Å². The molecule has 2 aliphatic rings. The average Bonchev–Trinajstić information content (AvgIpc) is 2.78. The Bertz CT molecular complexity index is 930. The number of nitrogens with zero attached hydrogens (tertiary/aromatic N) is 2. The zero-order valence-corrected chi connectivity index (χ0v) is 21.6. The van der Waals surface area contributed by atoms with Crippen molar-refractivity contribution in [1.82, 2.24) is 0 Å². The van der Waals surface area contributed by atoms with E-state index in [1.54, 1.807) is 0 Å². The molecule has 4 unspecified atom stereocenters. The van der Waals surface area contributed by atoms with Gasteiger partial charge >= 0.3 is 0 Å². The second kappa shape index (κ2) is 10.1. The molecule has 2 aromatic carbocycles. The van der Waals surface area contributed by atoms with Crippen LogP contribution in [0.2, 0.25) is 0 Å². The minimum atomic E-state index is 0.229. The number of quaternary nitrogens is 2. The minimum absolute atomic E-state index is 0.229. The molecule has 0 amide bonds. The number of Topliss-reactive ketones (excluding diaryl/α,β-unsaturated/α-hetero) is 2. The number of hydrogen-bond acceptors (Lipinski definition) is 2. The Balaban J connectivity index is 1.38. The zero-order chi connectivity index (χ0) is 24.3. The number of hydrogen-bond donors (Lipinski definition) is 0. The number of carbonyl (C=O) groups is 2. The maximum Gasteiger partial charge on any atom is 0.216 e. The fourth-order valence-corrected chi connectivity index (χ4v) is 6.37. The normalized spacial score (nSPS) is 29.5. The lowest BCUT2D eigenvalue weighted by molar-refractivity contribution is -0.909. The van der Waals surface area contributed by atoms with Crippen LogP contribution in [-0.2, 0) is 0 Å². The Morgan fingerprint density at radius 2 is 1.03 bits per heavy atom. The van der Waals surface area contributed by atoms with E-state index in [1.807, 2.05) is 48.5 Å². The molecule has 0 N–H and O–H groups in total. The number of benzene rings is 2. The summed E-state index contributed by atoms with van der Waals surface area (Å²) >= 11 is 0. The van der Waals surface area contributed by atoms with Crippen molar-refractivity contribution in [2.24, 2.45) is 11.8 Å². The van der Waals surface area contributed by atoms with Gasteiger partial charge in [0.05, 0.1) is 40.3 Å². The fraction of sp³-hybridized carbons (Fsp3) is 0.533. The summed E-state index contributed by atoms with van der Waals surface area (Å²) in [5.74, 6) is 1.84. The minimum Gasteiger partial charge on any atom is -0.319 e. The topological polar surface area (TPSA) is 34.1 Å². The Morgan fingerprint density at radius 1 is 0.676 bits per heavy atom. The number of rotatable bonds is 7. The van der Waals surface area contributed by atoms with Crippen LogP contribution in [0.4, 0.5) is 0 Å². The zero-order valence-electron chi connectivity index (χ0n) is 21.6. The van der Waals surface area contributed by atoms with Gasteiger partial charge in [-0.15, -0.1) is 0 Å². The van der Waals surface area contributed by atoms with E-state index < -0.39 is 0 Å². The van der Waals surface area contributed by atoms with E-state index in [1.165, 1.54) is 25.7 Å². The average molecular weight is 463 g/mol. The molecular formula is C30H42N2O2+2. The van der Waals surface area contributed by atoms with Crippen LogP contribution in [0.1, 0.15) is 60.2 Å². The second-order valence-electron chi connectivity index (χ2n) is 11.9. The van der Waals surface area contributed by atoms with Crippen LogP contribution in [0.25, 0.3) is 11.1 Å². The molecule has 2 fully saturated rings. The van der Waals surface area contributed by atoms with Gasteiger partial charge in [0.15, 0.2) is 0 Å². The first-order valence-corrected chi connectivity index (χ1v) is 13.1. The van der Waals surface area contributed by atoms with Gasteiger partial charge in [-0.05, 0) is 36.8 Å². The lowest BCUT2D eigenvalue weighted by Crippen LogP contribution is -2.53. The summed E-state index contributed by atoms with van der Waals surface area (Å²) in [5, 5.41) is 0. The number of likely N-dealkylation sites (N-methyl/N-ethyl adjacent to an activating group) is 2. The summed E-state index contributed by atoms with van der Waals surface area (Å²) < 4.78 is 1.71. The predicted molar refractivity (Wildman–Crippen MR) is 139 cm³/mol. The van der Waals surface area contributed by atoms with Gasteiger partial charge in [0.2, 0.25) is 11.6 Å². The quantitative estimate of drug-likeness (QED) is 0.404. The molecule has 0 aliphatic carbocycles. The van der Waals surface area contributed by atoms with E-state index in [-0.39, 0.29) is 11.6 Å². The van der Waals surface area contributed by atoms with Crippen LogP contribution in [0.15, 0.2) is 48.5 Å². The van der Waals surface area contributed by atoms with Crippen molar-refractivity contribution >= 4 is 11.6 Å². The third-order valence-corrected chi connectivity index (χ3v) is 8.09. The molecule has 0 saturated carbocycles. The number of ketones is 2. The molecule has 2 aliphatic heterocycles. The Morgan fingerprint density at radius 3 is 1.35 bits per heavy atom. The van der Waals surface area contributed by atoms with Crippen molar-refractivity contribution in [2.75, 3.05) is 53.4 Å². The highest BCUT2D eigenvalue weighted by Crippen LogP contribution is 2.25. The van der Waals surface area contributed by atoms with E-state index >= 15 is 0 Å². The molecule has 0 aromatic heterocycles. The summed E-state index contributed by atoms with van der Waals surface area (Å²) in [4.78, 5) is 25.9. The van der Waals surface area contributed by atoms with Crippen molar-refractivity contribution in [3.8, 4) is 11.1 Å². The van der Waals surface area contributed by atoms with E-state index in [2.05, 4.69) is 27.9 Å². The maximum atomic E-state index is 12.9. The summed E-state index contributed by atoms with van der Waals surface area (Å²) in [7, 11) is 4.44. The van der Waals surface area contributed by atoms with E-state index in [4.69, 9.17) is 0 Å². The van der Waals surface area contributed by atoms with Crippen molar-refractivity contribution < 1.29 is 18.6 Å². The van der Waals surface area contributed by atoms with Crippen molar-refractivity contribution in [2.45, 2.75) is 39.5 Å². The molecule has 2 heterocycles. The highest BCUT2D eigenvalue weighted by Gasteiger charge is 2.32. The molecule has 4 rings (SSSR count). The summed E-state index contributed by atoms with van der Waals surface area (Å²) in [6.07, 6.45) is 4.97. The third kappa shape index (κ3) is 6.03. The van der Waals surface area contributed by atoms with Gasteiger partial charge in [0.1, 0.15) is 13.1 Å². The van der Waals surface area contributed by atoms with Crippen LogP contribution >= 0.6 is 0 Å². The van der Waals surface area contributed by atoms with Crippen molar-refractivity contribution in [1.29, 1.82) is 0 Å². The van der Waals surface area contributed by atoms with Gasteiger partial charge < -0.3 is 8.97 Å². The molecule has 0 bridgehead atoms. The standard InChI is InChI=1S/C30H42N2O2/c1-23-7-5-17-31(3,19-23)21-29(33)27-13-9-25(10-14-27)26-11-15-28(16-12-26)30(34)22-32(4)18-6-8-24(2)20-32/h9-16,23-24H,5-8,17-22H2,1-4H3/q+2. The molecule has 34 heavy (non-hydrogen) atoms. The number of likely N-dealkylation sites (tertiary alicyclic amines) is 2. The first-order valence-electron chi connectivity index (χ1n) is 13.1. The molecule has 4 nitrogen and oxygen atoms in total. The fourth-order valence-electron chi connectivity index (χ4n) is 6.37. The molecule has 2 aromatic rings. The third-order valence-electron chi connectivity index (χ3n) is 8.09. The first-order chi connectivity index (χ1) is 16.1. The van der Waals surface area contributed by atoms with Crippen LogP contribution in [0.3, 0.4) is 0 Å². The molecule has 2 saturated heterocycles. The lowest BCUT2D eigenvalue weighted by Gasteiger charge is -2.40. The number of carbonyl (C=O) groups excluding carboxylic acids is 2. The van der Waals surface area contributed by atoms with Gasteiger partial charge in [-0.2, -0.15) is 0 Å².